The molecule has 0 atom stereocenters. The van der Waals surface area contributed by atoms with E-state index in [0.717, 1.165) is 20.5 Å². The molecule has 0 bridgehead atoms. The Bertz CT molecular complexity index is 503. The van der Waals surface area contributed by atoms with Crippen molar-refractivity contribution in [2.45, 2.75) is 13.3 Å². The Kier molecular flexibility index (Phi) is 3.56. The van der Waals surface area contributed by atoms with Crippen molar-refractivity contribution in [1.82, 2.24) is 0 Å². The number of thiophene rings is 1. The van der Waals surface area contributed by atoms with Crippen LogP contribution in [-0.4, -0.2) is 5.78 Å². The monoisotopic (exact) mass is 294 g/mol. The van der Waals surface area contributed by atoms with Crippen LogP contribution in [0.15, 0.2) is 40.2 Å². The summed E-state index contributed by atoms with van der Waals surface area (Å²) in [7, 11) is 0. The van der Waals surface area contributed by atoms with E-state index < -0.39 is 0 Å². The summed E-state index contributed by atoms with van der Waals surface area (Å²) in [5.41, 5.74) is 1.87. The highest BCUT2D eigenvalue weighted by molar-refractivity contribution is 9.10. The van der Waals surface area contributed by atoms with E-state index in [1.807, 2.05) is 42.6 Å². The van der Waals surface area contributed by atoms with Crippen LogP contribution in [0.3, 0.4) is 0 Å². The van der Waals surface area contributed by atoms with E-state index in [0.29, 0.717) is 6.42 Å². The molecular formula is C13H11BrOS. The number of benzene rings is 1. The first-order valence-electron chi connectivity index (χ1n) is 4.99. The third-order valence-electron chi connectivity index (χ3n) is 2.41. The third kappa shape index (κ3) is 2.42. The Labute approximate surface area is 107 Å². The summed E-state index contributed by atoms with van der Waals surface area (Å²) in [6.07, 6.45) is 0.486. The lowest BCUT2D eigenvalue weighted by Gasteiger charge is -2.05. The van der Waals surface area contributed by atoms with Gasteiger partial charge in [-0.05, 0) is 39.9 Å². The van der Waals surface area contributed by atoms with Gasteiger partial charge in [0.1, 0.15) is 0 Å². The van der Waals surface area contributed by atoms with Gasteiger partial charge in [-0.25, -0.2) is 0 Å². The molecule has 0 spiro atoms. The lowest BCUT2D eigenvalue weighted by atomic mass is 10.1. The minimum atomic E-state index is 0.165. The number of hydrogen-bond acceptors (Lipinski definition) is 2. The third-order valence-corrected chi connectivity index (χ3v) is 4.34. The maximum Gasteiger partial charge on any atom is 0.169 e. The first-order chi connectivity index (χ1) is 7.68. The average Bonchev–Trinajstić information content (AvgIpc) is 2.74. The molecule has 0 aliphatic rings. The van der Waals surface area contributed by atoms with E-state index >= 15 is 0 Å². The molecule has 0 amide bonds. The minimum Gasteiger partial charge on any atom is -0.294 e. The highest BCUT2D eigenvalue weighted by atomic mass is 79.9. The summed E-state index contributed by atoms with van der Waals surface area (Å²) in [5.74, 6) is 0.165. The first-order valence-corrected chi connectivity index (χ1v) is 6.66. The second-order valence-electron chi connectivity index (χ2n) is 3.62. The summed E-state index contributed by atoms with van der Waals surface area (Å²) >= 11 is 5.09. The zero-order valence-corrected chi connectivity index (χ0v) is 11.3. The summed E-state index contributed by atoms with van der Waals surface area (Å²) in [4.78, 5) is 13.2. The summed E-state index contributed by atoms with van der Waals surface area (Å²) < 4.78 is 0.913. The molecule has 16 heavy (non-hydrogen) atoms. The topological polar surface area (TPSA) is 17.1 Å². The van der Waals surface area contributed by atoms with Gasteiger partial charge >= 0.3 is 0 Å². The number of carbonyl (C=O) groups excluding carboxylic acids is 1. The molecule has 3 heteroatoms. The molecule has 0 unspecified atom stereocenters. The number of ketones is 1. The van der Waals surface area contributed by atoms with Crippen LogP contribution in [0.2, 0.25) is 0 Å². The van der Waals surface area contributed by atoms with Crippen LogP contribution in [0.4, 0.5) is 0 Å². The number of Topliss-reactive ketones (excluding diaryl/α,β-unsaturated/α-hetero) is 1. The molecule has 2 aromatic rings. The van der Waals surface area contributed by atoms with Gasteiger partial charge in [0.05, 0.1) is 0 Å². The van der Waals surface area contributed by atoms with Crippen LogP contribution in [-0.2, 0) is 6.42 Å². The van der Waals surface area contributed by atoms with Gasteiger partial charge in [0.15, 0.2) is 5.78 Å². The molecule has 2 rings (SSSR count). The van der Waals surface area contributed by atoms with E-state index in [1.165, 1.54) is 0 Å². The van der Waals surface area contributed by atoms with Gasteiger partial charge in [0.25, 0.3) is 0 Å². The fourth-order valence-corrected chi connectivity index (χ4v) is 2.72. The Morgan fingerprint density at radius 3 is 2.81 bits per heavy atom. The molecule has 1 nitrogen and oxygen atoms in total. The van der Waals surface area contributed by atoms with Crippen molar-refractivity contribution in [3.63, 3.8) is 0 Å². The number of aryl methyl sites for hydroxylation is 1. The van der Waals surface area contributed by atoms with Crippen molar-refractivity contribution >= 4 is 33.0 Å². The summed E-state index contributed by atoms with van der Waals surface area (Å²) in [5, 5.41) is 1.99. The number of carbonyl (C=O) groups is 1. The van der Waals surface area contributed by atoms with Gasteiger partial charge in [-0.3, -0.25) is 4.79 Å². The molecule has 0 radical (unpaired) electrons. The maximum absolute atomic E-state index is 12.1. The molecule has 82 valence electrons. The molecular weight excluding hydrogens is 284 g/mol. The zero-order valence-electron chi connectivity index (χ0n) is 8.87. The Balaban J connectivity index is 2.24. The van der Waals surface area contributed by atoms with Gasteiger partial charge < -0.3 is 0 Å². The second kappa shape index (κ2) is 4.93. The van der Waals surface area contributed by atoms with E-state index in [-0.39, 0.29) is 5.78 Å². The standard InChI is InChI=1S/C13H11BrOS/c1-9-4-2-6-11(13(9)14)12(15)8-10-5-3-7-16-10/h2-7H,8H2,1H3. The SMILES string of the molecule is Cc1cccc(C(=O)Cc2cccs2)c1Br. The average molecular weight is 295 g/mol. The van der Waals surface area contributed by atoms with Crippen molar-refractivity contribution < 1.29 is 4.79 Å². The maximum atomic E-state index is 12.1. The predicted molar refractivity (Wildman–Crippen MR) is 71.2 cm³/mol. The zero-order chi connectivity index (χ0) is 11.5. The highest BCUT2D eigenvalue weighted by Gasteiger charge is 2.12. The molecule has 0 fully saturated rings. The summed E-state index contributed by atoms with van der Waals surface area (Å²) in [6.45, 7) is 1.99. The molecule has 0 N–H and O–H groups in total. The molecule has 0 saturated carbocycles. The Morgan fingerprint density at radius 2 is 2.12 bits per heavy atom. The molecule has 1 aromatic carbocycles. The fourth-order valence-electron chi connectivity index (χ4n) is 1.53. The molecule has 0 aliphatic carbocycles. The van der Waals surface area contributed by atoms with Gasteiger partial charge in [-0.2, -0.15) is 0 Å². The molecule has 0 aliphatic heterocycles. The van der Waals surface area contributed by atoms with Crippen LogP contribution in [0, 0.1) is 6.92 Å². The number of hydrogen-bond donors (Lipinski definition) is 0. The van der Waals surface area contributed by atoms with Crippen LogP contribution in [0.1, 0.15) is 20.8 Å². The van der Waals surface area contributed by atoms with Crippen molar-refractivity contribution in [3.05, 3.63) is 56.2 Å². The van der Waals surface area contributed by atoms with Crippen molar-refractivity contribution in [3.8, 4) is 0 Å². The van der Waals surface area contributed by atoms with Crippen molar-refractivity contribution in [1.29, 1.82) is 0 Å². The highest BCUT2D eigenvalue weighted by Crippen LogP contribution is 2.23. The smallest absolute Gasteiger partial charge is 0.169 e. The lowest BCUT2D eigenvalue weighted by Crippen LogP contribution is -2.03. The Morgan fingerprint density at radius 1 is 1.31 bits per heavy atom. The van der Waals surface area contributed by atoms with E-state index in [9.17, 15) is 4.79 Å². The predicted octanol–water partition coefficient (Wildman–Crippen LogP) is 4.24. The van der Waals surface area contributed by atoms with Crippen molar-refractivity contribution in [2.24, 2.45) is 0 Å². The van der Waals surface area contributed by atoms with Gasteiger partial charge in [-0.15, -0.1) is 11.3 Å². The van der Waals surface area contributed by atoms with E-state index in [1.54, 1.807) is 11.3 Å². The lowest BCUT2D eigenvalue weighted by molar-refractivity contribution is 0.0993. The fraction of sp³-hybridized carbons (Fsp3) is 0.154. The largest absolute Gasteiger partial charge is 0.294 e. The number of halogens is 1. The molecule has 1 heterocycles. The van der Waals surface area contributed by atoms with Gasteiger partial charge in [-0.1, -0.05) is 24.3 Å². The first kappa shape index (κ1) is 11.6. The van der Waals surface area contributed by atoms with Crippen LogP contribution >= 0.6 is 27.3 Å². The Hall–Kier alpha value is -0.930. The second-order valence-corrected chi connectivity index (χ2v) is 5.44. The summed E-state index contributed by atoms with van der Waals surface area (Å²) in [6, 6.07) is 9.74. The van der Waals surface area contributed by atoms with Crippen LogP contribution in [0.25, 0.3) is 0 Å². The van der Waals surface area contributed by atoms with Crippen LogP contribution < -0.4 is 0 Å². The normalized spacial score (nSPS) is 10.4. The van der Waals surface area contributed by atoms with Gasteiger partial charge in [0, 0.05) is 21.3 Å². The molecule has 1 aromatic heterocycles. The minimum absolute atomic E-state index is 0.165. The van der Waals surface area contributed by atoms with Crippen LogP contribution in [0.5, 0.6) is 0 Å². The quantitative estimate of drug-likeness (QED) is 0.774. The molecule has 0 saturated heterocycles. The van der Waals surface area contributed by atoms with Gasteiger partial charge in [0.2, 0.25) is 0 Å². The van der Waals surface area contributed by atoms with Crippen molar-refractivity contribution in [2.75, 3.05) is 0 Å². The van der Waals surface area contributed by atoms with E-state index in [2.05, 4.69) is 15.9 Å². The number of rotatable bonds is 3. The van der Waals surface area contributed by atoms with E-state index in [4.69, 9.17) is 0 Å².